The van der Waals surface area contributed by atoms with Gasteiger partial charge in [-0.2, -0.15) is 0 Å². The quantitative estimate of drug-likeness (QED) is 0.603. The van der Waals surface area contributed by atoms with Gasteiger partial charge in [-0.25, -0.2) is 0 Å². The minimum Gasteiger partial charge on any atom is -0.350 e. The van der Waals surface area contributed by atoms with Crippen LogP contribution >= 0.6 is 0 Å². The van der Waals surface area contributed by atoms with Crippen LogP contribution in [0.5, 0.6) is 0 Å². The summed E-state index contributed by atoms with van der Waals surface area (Å²) in [5.41, 5.74) is 3.06. The molecule has 0 saturated carbocycles. The number of allylic oxidation sites excluding steroid dienone is 1. The molecule has 1 aliphatic rings. The Bertz CT molecular complexity index is 1130. The molecule has 150 valence electrons. The van der Waals surface area contributed by atoms with E-state index in [1.54, 1.807) is 0 Å². The highest BCUT2D eigenvalue weighted by Gasteiger charge is 2.26. The average Bonchev–Trinajstić information content (AvgIpc) is 2.80. The summed E-state index contributed by atoms with van der Waals surface area (Å²) in [5, 5.41) is 8.21. The Kier molecular flexibility index (Phi) is 5.75. The van der Waals surface area contributed by atoms with Gasteiger partial charge in [0.1, 0.15) is 0 Å². The van der Waals surface area contributed by atoms with Gasteiger partial charge in [-0.3, -0.25) is 9.59 Å². The van der Waals surface area contributed by atoms with Crippen LogP contribution in [0.4, 0.5) is 0 Å². The van der Waals surface area contributed by atoms with Crippen LogP contribution in [0, 0.1) is 0 Å². The van der Waals surface area contributed by atoms with Crippen molar-refractivity contribution < 1.29 is 9.59 Å². The predicted octanol–water partition coefficient (Wildman–Crippen LogP) is 4.50. The van der Waals surface area contributed by atoms with Gasteiger partial charge in [-0.05, 0) is 46.0 Å². The van der Waals surface area contributed by atoms with E-state index in [1.807, 2.05) is 60.7 Å². The lowest BCUT2D eigenvalue weighted by Gasteiger charge is -2.25. The minimum atomic E-state index is -0.343. The molecule has 0 heterocycles. The lowest BCUT2D eigenvalue weighted by molar-refractivity contribution is -0.123. The van der Waals surface area contributed by atoms with Gasteiger partial charge in [0.25, 0.3) is 0 Å². The third-order valence-corrected chi connectivity index (χ3v) is 5.52. The molecule has 3 aromatic rings. The van der Waals surface area contributed by atoms with Crippen molar-refractivity contribution in [1.29, 1.82) is 0 Å². The molecule has 3 aromatic carbocycles. The molecule has 2 N–H and O–H groups in total. The highest BCUT2D eigenvalue weighted by atomic mass is 16.2. The van der Waals surface area contributed by atoms with Gasteiger partial charge in [0.05, 0.1) is 12.0 Å². The molecule has 0 aromatic heterocycles. The molecule has 0 radical (unpaired) electrons. The van der Waals surface area contributed by atoms with Crippen molar-refractivity contribution in [2.75, 3.05) is 6.54 Å². The first-order valence-corrected chi connectivity index (χ1v) is 10.1. The number of hydrogen-bond acceptors (Lipinski definition) is 2. The van der Waals surface area contributed by atoms with Crippen LogP contribution in [0.25, 0.3) is 16.8 Å². The molecule has 0 aliphatic heterocycles. The largest absolute Gasteiger partial charge is 0.350 e. The summed E-state index contributed by atoms with van der Waals surface area (Å²) in [6.07, 6.45) is 6.00. The Balaban J connectivity index is 1.60. The fourth-order valence-electron chi connectivity index (χ4n) is 3.91. The van der Waals surface area contributed by atoms with Crippen LogP contribution in [0.1, 0.15) is 35.1 Å². The smallest absolute Gasteiger partial charge is 0.243 e. The molecular formula is C26H24N2O2. The van der Waals surface area contributed by atoms with Gasteiger partial charge in [-0.15, -0.1) is 0 Å². The number of hydrogen-bond donors (Lipinski definition) is 2. The lowest BCUT2D eigenvalue weighted by atomic mass is 9.86. The molecule has 4 nitrogen and oxygen atoms in total. The number of carbonyl (C=O) groups is 2. The molecule has 0 bridgehead atoms. The number of fused-ring (bicyclic) bond motifs is 2. The van der Waals surface area contributed by atoms with E-state index in [0.717, 1.165) is 27.5 Å². The maximum atomic E-state index is 13.2. The van der Waals surface area contributed by atoms with Crippen molar-refractivity contribution in [3.8, 4) is 0 Å². The van der Waals surface area contributed by atoms with Crippen LogP contribution in [0.15, 0.2) is 85.5 Å². The first-order valence-electron chi connectivity index (χ1n) is 10.1. The number of carbonyl (C=O) groups excluding carboxylic acids is 2. The van der Waals surface area contributed by atoms with Crippen molar-refractivity contribution in [2.45, 2.75) is 18.4 Å². The van der Waals surface area contributed by atoms with E-state index in [4.69, 9.17) is 0 Å². The summed E-state index contributed by atoms with van der Waals surface area (Å²) >= 11 is 0. The Labute approximate surface area is 176 Å². The molecule has 0 fully saturated rings. The monoisotopic (exact) mass is 396 g/mol. The van der Waals surface area contributed by atoms with E-state index in [-0.39, 0.29) is 23.8 Å². The molecule has 2 amide bonds. The van der Waals surface area contributed by atoms with Crippen LogP contribution in [0.2, 0.25) is 0 Å². The summed E-state index contributed by atoms with van der Waals surface area (Å²) in [4.78, 5) is 25.0. The van der Waals surface area contributed by atoms with E-state index >= 15 is 0 Å². The zero-order valence-electron chi connectivity index (χ0n) is 16.7. The zero-order chi connectivity index (χ0) is 20.9. The summed E-state index contributed by atoms with van der Waals surface area (Å²) < 4.78 is 0. The van der Waals surface area contributed by atoms with E-state index < -0.39 is 0 Å². The van der Waals surface area contributed by atoms with Crippen molar-refractivity contribution in [1.82, 2.24) is 10.6 Å². The third-order valence-electron chi connectivity index (χ3n) is 5.52. The fourth-order valence-corrected chi connectivity index (χ4v) is 3.91. The highest BCUT2D eigenvalue weighted by Crippen LogP contribution is 2.30. The second kappa shape index (κ2) is 8.78. The van der Waals surface area contributed by atoms with Crippen LogP contribution < -0.4 is 10.6 Å². The summed E-state index contributed by atoms with van der Waals surface area (Å²) in [6, 6.07) is 21.8. The second-order valence-electron chi connectivity index (χ2n) is 7.44. The van der Waals surface area contributed by atoms with E-state index in [0.29, 0.717) is 13.0 Å². The molecule has 2 unspecified atom stereocenters. The molecule has 4 rings (SSSR count). The van der Waals surface area contributed by atoms with Crippen LogP contribution in [0.3, 0.4) is 0 Å². The maximum Gasteiger partial charge on any atom is 0.243 e. The van der Waals surface area contributed by atoms with Gasteiger partial charge in [0.2, 0.25) is 11.8 Å². The van der Waals surface area contributed by atoms with Gasteiger partial charge in [0, 0.05) is 6.54 Å². The molecule has 1 aliphatic carbocycles. The van der Waals surface area contributed by atoms with Crippen LogP contribution in [-0.2, 0) is 9.59 Å². The Morgan fingerprint density at radius 2 is 1.80 bits per heavy atom. The lowest BCUT2D eigenvalue weighted by Crippen LogP contribution is -2.39. The van der Waals surface area contributed by atoms with Gasteiger partial charge in [0.15, 0.2) is 0 Å². The zero-order valence-corrected chi connectivity index (χ0v) is 16.7. The van der Waals surface area contributed by atoms with Crippen molar-refractivity contribution in [2.24, 2.45) is 0 Å². The van der Waals surface area contributed by atoms with Gasteiger partial charge < -0.3 is 10.6 Å². The first kappa shape index (κ1) is 19.6. The standard InChI is InChI=1S/C26H24N2O2/c1-2-25(29)27-17-24(21-15-14-18-8-3-4-10-20(18)16-21)28-26(30)23-13-7-11-19-9-5-6-12-22(19)23/h2-12,14-16,23-24H,1,13,17H2,(H,27,29)(H,28,30). The predicted molar refractivity (Wildman–Crippen MR) is 121 cm³/mol. The number of rotatable bonds is 6. The summed E-state index contributed by atoms with van der Waals surface area (Å²) in [6.45, 7) is 3.80. The first-order chi connectivity index (χ1) is 14.7. The molecule has 0 spiro atoms. The Hall–Kier alpha value is -3.66. The summed E-state index contributed by atoms with van der Waals surface area (Å²) in [5.74, 6) is -0.553. The van der Waals surface area contributed by atoms with Crippen molar-refractivity contribution in [3.05, 3.63) is 102 Å². The maximum absolute atomic E-state index is 13.2. The SMILES string of the molecule is C=CC(=O)NCC(NC(=O)C1CC=Cc2ccccc21)c1ccc2ccccc2c1. The summed E-state index contributed by atoms with van der Waals surface area (Å²) in [7, 11) is 0. The minimum absolute atomic E-state index is 0.0437. The van der Waals surface area contributed by atoms with Gasteiger partial charge >= 0.3 is 0 Å². The molecule has 30 heavy (non-hydrogen) atoms. The number of benzene rings is 3. The topological polar surface area (TPSA) is 58.2 Å². The fraction of sp³-hybridized carbons (Fsp3) is 0.154. The number of amides is 2. The average molecular weight is 396 g/mol. The van der Waals surface area contributed by atoms with Gasteiger partial charge in [-0.1, -0.05) is 79.4 Å². The van der Waals surface area contributed by atoms with Crippen molar-refractivity contribution >= 4 is 28.7 Å². The number of nitrogens with one attached hydrogen (secondary N) is 2. The Morgan fingerprint density at radius 1 is 1.03 bits per heavy atom. The second-order valence-corrected chi connectivity index (χ2v) is 7.44. The Morgan fingerprint density at radius 3 is 2.63 bits per heavy atom. The normalized spacial score (nSPS) is 15.8. The van der Waals surface area contributed by atoms with Crippen LogP contribution in [-0.4, -0.2) is 18.4 Å². The van der Waals surface area contributed by atoms with E-state index in [2.05, 4.69) is 35.4 Å². The molecule has 4 heteroatoms. The molecule has 2 atom stereocenters. The molecular weight excluding hydrogens is 372 g/mol. The van der Waals surface area contributed by atoms with E-state index in [1.165, 1.54) is 6.08 Å². The molecule has 0 saturated heterocycles. The highest BCUT2D eigenvalue weighted by molar-refractivity contribution is 5.88. The van der Waals surface area contributed by atoms with E-state index in [9.17, 15) is 9.59 Å². The third kappa shape index (κ3) is 4.18. The van der Waals surface area contributed by atoms with Crippen molar-refractivity contribution in [3.63, 3.8) is 0 Å².